The summed E-state index contributed by atoms with van der Waals surface area (Å²) >= 11 is 6.09. The summed E-state index contributed by atoms with van der Waals surface area (Å²) in [4.78, 5) is 0. The minimum Gasteiger partial charge on any atom is -0.495 e. The Morgan fingerprint density at radius 1 is 1.15 bits per heavy atom. The van der Waals surface area contributed by atoms with Gasteiger partial charge < -0.3 is 10.1 Å². The van der Waals surface area contributed by atoms with Crippen molar-refractivity contribution in [3.8, 4) is 16.9 Å². The van der Waals surface area contributed by atoms with Gasteiger partial charge in [0.2, 0.25) is 0 Å². The Kier molecular flexibility index (Phi) is 5.05. The van der Waals surface area contributed by atoms with Crippen molar-refractivity contribution in [2.24, 2.45) is 0 Å². The van der Waals surface area contributed by atoms with E-state index in [1.165, 1.54) is 16.7 Å². The minimum absolute atomic E-state index is 0.637. The zero-order chi connectivity index (χ0) is 14.5. The maximum Gasteiger partial charge on any atom is 0.138 e. The van der Waals surface area contributed by atoms with Crippen LogP contribution in [0.15, 0.2) is 36.4 Å². The molecule has 3 heteroatoms. The first kappa shape index (κ1) is 14.9. The number of benzene rings is 2. The normalized spacial score (nSPS) is 10.6. The fourth-order valence-corrected chi connectivity index (χ4v) is 2.38. The molecule has 2 nitrogen and oxygen atoms in total. The van der Waals surface area contributed by atoms with Gasteiger partial charge in [0.05, 0.1) is 12.1 Å². The van der Waals surface area contributed by atoms with Gasteiger partial charge in [-0.2, -0.15) is 0 Å². The third kappa shape index (κ3) is 3.33. The van der Waals surface area contributed by atoms with E-state index in [4.69, 9.17) is 16.3 Å². The van der Waals surface area contributed by atoms with Crippen molar-refractivity contribution in [2.45, 2.75) is 20.4 Å². The molecule has 2 rings (SSSR count). The van der Waals surface area contributed by atoms with Gasteiger partial charge in [0.15, 0.2) is 0 Å². The molecule has 0 saturated carbocycles. The maximum absolute atomic E-state index is 6.09. The van der Waals surface area contributed by atoms with Gasteiger partial charge in [0.1, 0.15) is 5.75 Å². The second-order valence-corrected chi connectivity index (χ2v) is 5.19. The summed E-state index contributed by atoms with van der Waals surface area (Å²) in [5.74, 6) is 0.709. The van der Waals surface area contributed by atoms with Crippen LogP contribution in [0.3, 0.4) is 0 Å². The van der Waals surface area contributed by atoms with Crippen LogP contribution in [0.2, 0.25) is 5.02 Å². The average Bonchev–Trinajstić information content (AvgIpc) is 2.47. The van der Waals surface area contributed by atoms with Crippen molar-refractivity contribution >= 4 is 11.6 Å². The van der Waals surface area contributed by atoms with E-state index in [1.54, 1.807) is 7.11 Å². The predicted molar refractivity (Wildman–Crippen MR) is 85.6 cm³/mol. The molecule has 0 aliphatic heterocycles. The molecular weight excluding hydrogens is 270 g/mol. The van der Waals surface area contributed by atoms with Crippen molar-refractivity contribution < 1.29 is 4.74 Å². The van der Waals surface area contributed by atoms with E-state index in [-0.39, 0.29) is 0 Å². The Morgan fingerprint density at radius 2 is 1.95 bits per heavy atom. The smallest absolute Gasteiger partial charge is 0.138 e. The van der Waals surface area contributed by atoms with E-state index in [1.807, 2.05) is 18.2 Å². The number of ether oxygens (including phenoxy) is 1. The van der Waals surface area contributed by atoms with Crippen LogP contribution in [0.5, 0.6) is 5.75 Å². The van der Waals surface area contributed by atoms with Gasteiger partial charge in [0, 0.05) is 6.54 Å². The van der Waals surface area contributed by atoms with Crippen molar-refractivity contribution in [1.82, 2.24) is 5.32 Å². The van der Waals surface area contributed by atoms with E-state index in [0.717, 1.165) is 18.7 Å². The van der Waals surface area contributed by atoms with Crippen molar-refractivity contribution in [3.63, 3.8) is 0 Å². The summed E-state index contributed by atoms with van der Waals surface area (Å²) in [6, 6.07) is 12.4. The molecule has 0 atom stereocenters. The fourth-order valence-electron chi connectivity index (χ4n) is 2.19. The van der Waals surface area contributed by atoms with Gasteiger partial charge in [-0.15, -0.1) is 0 Å². The van der Waals surface area contributed by atoms with Crippen LogP contribution in [0.4, 0.5) is 0 Å². The van der Waals surface area contributed by atoms with Gasteiger partial charge in [-0.3, -0.25) is 0 Å². The average molecular weight is 290 g/mol. The van der Waals surface area contributed by atoms with E-state index in [9.17, 15) is 0 Å². The Labute approximate surface area is 125 Å². The molecule has 106 valence electrons. The van der Waals surface area contributed by atoms with Gasteiger partial charge in [-0.05, 0) is 53.9 Å². The molecule has 0 amide bonds. The molecule has 0 unspecified atom stereocenters. The highest BCUT2D eigenvalue weighted by atomic mass is 35.5. The third-order valence-corrected chi connectivity index (χ3v) is 3.66. The van der Waals surface area contributed by atoms with Gasteiger partial charge in [-0.1, -0.05) is 36.7 Å². The molecule has 0 bridgehead atoms. The summed E-state index contributed by atoms with van der Waals surface area (Å²) < 4.78 is 5.30. The third-order valence-electron chi connectivity index (χ3n) is 3.34. The van der Waals surface area contributed by atoms with Crippen molar-refractivity contribution in [1.29, 1.82) is 0 Å². The number of hydrogen-bond acceptors (Lipinski definition) is 2. The lowest BCUT2D eigenvalue weighted by molar-refractivity contribution is 0.415. The Hall–Kier alpha value is -1.51. The standard InChI is InChI=1S/C17H20ClNO/c1-4-19-11-13-6-5-12(2)15(9-13)14-7-8-16(18)17(10-14)20-3/h5-10,19H,4,11H2,1-3H3. The first-order valence-electron chi connectivity index (χ1n) is 6.80. The van der Waals surface area contributed by atoms with E-state index in [2.05, 4.69) is 37.4 Å². The maximum atomic E-state index is 6.09. The molecule has 1 N–H and O–H groups in total. The molecule has 0 spiro atoms. The Balaban J connectivity index is 2.40. The van der Waals surface area contributed by atoms with Crippen LogP contribution in [0.1, 0.15) is 18.1 Å². The minimum atomic E-state index is 0.637. The van der Waals surface area contributed by atoms with Crippen LogP contribution in [-0.2, 0) is 6.54 Å². The molecule has 0 radical (unpaired) electrons. The molecule has 0 saturated heterocycles. The number of halogens is 1. The first-order valence-corrected chi connectivity index (χ1v) is 7.17. The second-order valence-electron chi connectivity index (χ2n) is 4.78. The van der Waals surface area contributed by atoms with E-state index in [0.29, 0.717) is 10.8 Å². The summed E-state index contributed by atoms with van der Waals surface area (Å²) in [5.41, 5.74) is 4.87. The molecule has 0 aromatic heterocycles. The molecule has 0 heterocycles. The Bertz CT molecular complexity index is 596. The zero-order valence-electron chi connectivity index (χ0n) is 12.2. The lowest BCUT2D eigenvalue weighted by Crippen LogP contribution is -2.11. The summed E-state index contributed by atoms with van der Waals surface area (Å²) in [6.45, 7) is 6.08. The van der Waals surface area contributed by atoms with E-state index < -0.39 is 0 Å². The number of rotatable bonds is 5. The summed E-state index contributed by atoms with van der Waals surface area (Å²) in [7, 11) is 1.64. The topological polar surface area (TPSA) is 21.3 Å². The van der Waals surface area contributed by atoms with Crippen LogP contribution in [0.25, 0.3) is 11.1 Å². The first-order chi connectivity index (χ1) is 9.65. The molecule has 0 fully saturated rings. The van der Waals surface area contributed by atoms with E-state index >= 15 is 0 Å². The lowest BCUT2D eigenvalue weighted by atomic mass is 9.98. The van der Waals surface area contributed by atoms with Gasteiger partial charge in [-0.25, -0.2) is 0 Å². The van der Waals surface area contributed by atoms with Crippen LogP contribution < -0.4 is 10.1 Å². The van der Waals surface area contributed by atoms with Crippen LogP contribution >= 0.6 is 11.6 Å². The van der Waals surface area contributed by atoms with Crippen LogP contribution in [0, 0.1) is 6.92 Å². The Morgan fingerprint density at radius 3 is 2.65 bits per heavy atom. The molecule has 2 aromatic carbocycles. The predicted octanol–water partition coefficient (Wildman–Crippen LogP) is 4.43. The second kappa shape index (κ2) is 6.78. The summed E-state index contributed by atoms with van der Waals surface area (Å²) in [5, 5.41) is 3.99. The highest BCUT2D eigenvalue weighted by Crippen LogP contribution is 2.32. The lowest BCUT2D eigenvalue weighted by Gasteiger charge is -2.11. The molecule has 2 aromatic rings. The molecule has 20 heavy (non-hydrogen) atoms. The highest BCUT2D eigenvalue weighted by Gasteiger charge is 2.07. The monoisotopic (exact) mass is 289 g/mol. The highest BCUT2D eigenvalue weighted by molar-refractivity contribution is 6.32. The van der Waals surface area contributed by atoms with Gasteiger partial charge in [0.25, 0.3) is 0 Å². The summed E-state index contributed by atoms with van der Waals surface area (Å²) in [6.07, 6.45) is 0. The quantitative estimate of drug-likeness (QED) is 0.879. The molecular formula is C17H20ClNO. The SMILES string of the molecule is CCNCc1ccc(C)c(-c2ccc(Cl)c(OC)c2)c1. The number of hydrogen-bond donors (Lipinski definition) is 1. The van der Waals surface area contributed by atoms with Crippen LogP contribution in [-0.4, -0.2) is 13.7 Å². The molecule has 0 aliphatic carbocycles. The number of methoxy groups -OCH3 is 1. The number of nitrogens with one attached hydrogen (secondary N) is 1. The largest absolute Gasteiger partial charge is 0.495 e. The van der Waals surface area contributed by atoms with Gasteiger partial charge >= 0.3 is 0 Å². The van der Waals surface area contributed by atoms with Crippen molar-refractivity contribution in [2.75, 3.05) is 13.7 Å². The van der Waals surface area contributed by atoms with Crippen molar-refractivity contribution in [3.05, 3.63) is 52.5 Å². The molecule has 0 aliphatic rings. The number of aryl methyl sites for hydroxylation is 1. The zero-order valence-corrected chi connectivity index (χ0v) is 12.9. The fraction of sp³-hybridized carbons (Fsp3) is 0.294.